The van der Waals surface area contributed by atoms with E-state index in [4.69, 9.17) is 4.74 Å². The van der Waals surface area contributed by atoms with Gasteiger partial charge < -0.3 is 15.4 Å². The molecule has 1 saturated carbocycles. The van der Waals surface area contributed by atoms with Crippen LogP contribution in [0.15, 0.2) is 24.3 Å². The Morgan fingerprint density at radius 3 is 2.55 bits per heavy atom. The van der Waals surface area contributed by atoms with E-state index in [-0.39, 0.29) is 0 Å². The van der Waals surface area contributed by atoms with Crippen LogP contribution in [0.1, 0.15) is 44.1 Å². The van der Waals surface area contributed by atoms with Gasteiger partial charge >= 0.3 is 0 Å². The third kappa shape index (κ3) is 4.02. The van der Waals surface area contributed by atoms with Gasteiger partial charge in [0, 0.05) is 6.54 Å². The highest BCUT2D eigenvalue weighted by Gasteiger charge is 2.47. The van der Waals surface area contributed by atoms with Crippen LogP contribution in [0.5, 0.6) is 5.75 Å². The van der Waals surface area contributed by atoms with Crippen molar-refractivity contribution in [3.8, 4) is 5.75 Å². The molecule has 1 saturated heterocycles. The zero-order chi connectivity index (χ0) is 15.3. The van der Waals surface area contributed by atoms with E-state index in [0.717, 1.165) is 30.2 Å². The predicted octanol–water partition coefficient (Wildman–Crippen LogP) is 3.34. The van der Waals surface area contributed by atoms with Gasteiger partial charge in [0.2, 0.25) is 0 Å². The van der Waals surface area contributed by atoms with E-state index in [1.165, 1.54) is 57.2 Å². The summed E-state index contributed by atoms with van der Waals surface area (Å²) in [4.78, 5) is 0. The van der Waals surface area contributed by atoms with E-state index in [9.17, 15) is 0 Å². The molecule has 2 aliphatic rings. The maximum Gasteiger partial charge on any atom is 0.118 e. The quantitative estimate of drug-likeness (QED) is 0.723. The van der Waals surface area contributed by atoms with Gasteiger partial charge in [0.1, 0.15) is 5.75 Å². The van der Waals surface area contributed by atoms with Gasteiger partial charge in [-0.05, 0) is 87.2 Å². The van der Waals surface area contributed by atoms with Crippen LogP contribution < -0.4 is 15.4 Å². The zero-order valence-electron chi connectivity index (χ0n) is 13.9. The van der Waals surface area contributed by atoms with Gasteiger partial charge in [0.25, 0.3) is 0 Å². The second-order valence-corrected chi connectivity index (χ2v) is 7.02. The first-order valence-corrected chi connectivity index (χ1v) is 8.87. The first-order valence-electron chi connectivity index (χ1n) is 8.87. The molecule has 0 spiro atoms. The van der Waals surface area contributed by atoms with Crippen molar-refractivity contribution in [2.75, 3.05) is 26.7 Å². The van der Waals surface area contributed by atoms with Gasteiger partial charge in [0.05, 0.1) is 7.11 Å². The summed E-state index contributed by atoms with van der Waals surface area (Å²) in [6.45, 7) is 4.58. The highest BCUT2D eigenvalue weighted by molar-refractivity contribution is 5.26. The van der Waals surface area contributed by atoms with E-state index in [1.807, 2.05) is 12.1 Å². The monoisotopic (exact) mass is 302 g/mol. The molecule has 1 aliphatic carbocycles. The molecule has 3 nitrogen and oxygen atoms in total. The van der Waals surface area contributed by atoms with Crippen molar-refractivity contribution in [3.63, 3.8) is 0 Å². The van der Waals surface area contributed by atoms with Crippen LogP contribution in [-0.2, 0) is 6.54 Å². The SMILES string of the molecule is COc1ccc(CNCCCC2(C3CCNCC3)CC2)cc1. The van der Waals surface area contributed by atoms with Crippen molar-refractivity contribution < 1.29 is 4.74 Å². The van der Waals surface area contributed by atoms with E-state index < -0.39 is 0 Å². The van der Waals surface area contributed by atoms with Crippen LogP contribution in [0.4, 0.5) is 0 Å². The molecule has 1 aromatic carbocycles. The molecule has 122 valence electrons. The molecule has 1 aliphatic heterocycles. The second kappa shape index (κ2) is 7.47. The molecule has 22 heavy (non-hydrogen) atoms. The largest absolute Gasteiger partial charge is 0.497 e. The van der Waals surface area contributed by atoms with Gasteiger partial charge in [-0.25, -0.2) is 0 Å². The van der Waals surface area contributed by atoms with Crippen molar-refractivity contribution in [3.05, 3.63) is 29.8 Å². The van der Waals surface area contributed by atoms with E-state index in [0.29, 0.717) is 0 Å². The average Bonchev–Trinajstić information content (AvgIpc) is 3.37. The van der Waals surface area contributed by atoms with E-state index >= 15 is 0 Å². The molecule has 2 fully saturated rings. The van der Waals surface area contributed by atoms with Gasteiger partial charge in [-0.1, -0.05) is 12.1 Å². The number of benzene rings is 1. The number of ether oxygens (including phenoxy) is 1. The molecule has 0 radical (unpaired) electrons. The standard InChI is InChI=1S/C19H30N2O/c1-22-18-5-3-16(4-6-18)15-21-12-2-9-19(10-11-19)17-7-13-20-14-8-17/h3-6,17,20-21H,2,7-15H2,1H3. The van der Waals surface area contributed by atoms with Gasteiger partial charge in [-0.3, -0.25) is 0 Å². The normalized spacial score (nSPS) is 20.8. The maximum atomic E-state index is 5.19. The van der Waals surface area contributed by atoms with Gasteiger partial charge in [-0.2, -0.15) is 0 Å². The number of hydrogen-bond donors (Lipinski definition) is 2. The average molecular weight is 302 g/mol. The zero-order valence-corrected chi connectivity index (χ0v) is 13.9. The fourth-order valence-electron chi connectivity index (χ4n) is 4.00. The maximum absolute atomic E-state index is 5.19. The number of nitrogens with one attached hydrogen (secondary N) is 2. The first-order chi connectivity index (χ1) is 10.8. The van der Waals surface area contributed by atoms with E-state index in [2.05, 4.69) is 22.8 Å². The van der Waals surface area contributed by atoms with Crippen molar-refractivity contribution in [2.24, 2.45) is 11.3 Å². The van der Waals surface area contributed by atoms with Crippen LogP contribution >= 0.6 is 0 Å². The Hall–Kier alpha value is -1.06. The van der Waals surface area contributed by atoms with Crippen molar-refractivity contribution >= 4 is 0 Å². The molecule has 0 amide bonds. The lowest BCUT2D eigenvalue weighted by Gasteiger charge is -2.31. The summed E-state index contributed by atoms with van der Waals surface area (Å²) in [6.07, 6.45) is 8.51. The molecule has 1 heterocycles. The molecular formula is C19H30N2O. The minimum atomic E-state index is 0.726. The van der Waals surface area contributed by atoms with Crippen LogP contribution in [0.2, 0.25) is 0 Å². The van der Waals surface area contributed by atoms with Crippen LogP contribution in [-0.4, -0.2) is 26.7 Å². The summed E-state index contributed by atoms with van der Waals surface area (Å²) in [6, 6.07) is 8.35. The second-order valence-electron chi connectivity index (χ2n) is 7.02. The first kappa shape index (κ1) is 15.8. The molecule has 0 atom stereocenters. The number of hydrogen-bond acceptors (Lipinski definition) is 3. The predicted molar refractivity (Wildman–Crippen MR) is 91.2 cm³/mol. The summed E-state index contributed by atoms with van der Waals surface area (Å²) >= 11 is 0. The molecule has 3 rings (SSSR count). The van der Waals surface area contributed by atoms with Crippen LogP contribution in [0.3, 0.4) is 0 Å². The molecule has 1 aromatic rings. The minimum Gasteiger partial charge on any atom is -0.497 e. The lowest BCUT2D eigenvalue weighted by Crippen LogP contribution is -2.32. The third-order valence-corrected chi connectivity index (χ3v) is 5.61. The van der Waals surface area contributed by atoms with Gasteiger partial charge in [-0.15, -0.1) is 0 Å². The minimum absolute atomic E-state index is 0.726. The molecule has 0 aromatic heterocycles. The van der Waals surface area contributed by atoms with Crippen LogP contribution in [0.25, 0.3) is 0 Å². The molecule has 3 heteroatoms. The highest BCUT2D eigenvalue weighted by Crippen LogP contribution is 2.57. The number of methoxy groups -OCH3 is 1. The molecule has 0 unspecified atom stereocenters. The lowest BCUT2D eigenvalue weighted by atomic mass is 9.79. The summed E-state index contributed by atoms with van der Waals surface area (Å²) in [5.74, 6) is 1.93. The summed E-state index contributed by atoms with van der Waals surface area (Å²) in [5, 5.41) is 7.09. The number of rotatable bonds is 8. The smallest absolute Gasteiger partial charge is 0.118 e. The highest BCUT2D eigenvalue weighted by atomic mass is 16.5. The molecule has 2 N–H and O–H groups in total. The molecule has 0 bridgehead atoms. The summed E-state index contributed by atoms with van der Waals surface area (Å²) in [7, 11) is 1.71. The van der Waals surface area contributed by atoms with Gasteiger partial charge in [0.15, 0.2) is 0 Å². The third-order valence-electron chi connectivity index (χ3n) is 5.61. The van der Waals surface area contributed by atoms with E-state index in [1.54, 1.807) is 7.11 Å². The Kier molecular flexibility index (Phi) is 5.37. The Morgan fingerprint density at radius 2 is 1.91 bits per heavy atom. The Bertz CT molecular complexity index is 447. The Morgan fingerprint density at radius 1 is 1.18 bits per heavy atom. The topological polar surface area (TPSA) is 33.3 Å². The molecular weight excluding hydrogens is 272 g/mol. The Labute approximate surface area is 134 Å². The fraction of sp³-hybridized carbons (Fsp3) is 0.684. The van der Waals surface area contributed by atoms with Crippen molar-refractivity contribution in [1.29, 1.82) is 0 Å². The number of piperidine rings is 1. The van der Waals surface area contributed by atoms with Crippen molar-refractivity contribution in [1.82, 2.24) is 10.6 Å². The Balaban J connectivity index is 1.33. The summed E-state index contributed by atoms with van der Waals surface area (Å²) < 4.78 is 5.19. The lowest BCUT2D eigenvalue weighted by molar-refractivity contribution is 0.220. The van der Waals surface area contributed by atoms with Crippen LogP contribution in [0, 0.1) is 11.3 Å². The van der Waals surface area contributed by atoms with Crippen molar-refractivity contribution in [2.45, 2.75) is 45.1 Å². The fourth-order valence-corrected chi connectivity index (χ4v) is 4.00. The summed E-state index contributed by atoms with van der Waals surface area (Å²) in [5.41, 5.74) is 2.06.